The molecule has 0 radical (unpaired) electrons. The molecule has 3 aromatic rings. The van der Waals surface area contributed by atoms with E-state index in [2.05, 4.69) is 11.6 Å². The van der Waals surface area contributed by atoms with Gasteiger partial charge in [0.2, 0.25) is 0 Å². The van der Waals surface area contributed by atoms with Crippen LogP contribution < -0.4 is 11.4 Å². The lowest BCUT2D eigenvalue weighted by Gasteiger charge is -2.21. The van der Waals surface area contributed by atoms with Crippen molar-refractivity contribution in [2.24, 2.45) is 5.92 Å². The molecule has 6 nitrogen and oxygen atoms in total. The summed E-state index contributed by atoms with van der Waals surface area (Å²) < 4.78 is 13.9. The number of anilines is 1. The van der Waals surface area contributed by atoms with Gasteiger partial charge in [-0.05, 0) is 29.2 Å². The van der Waals surface area contributed by atoms with Gasteiger partial charge >= 0.3 is 5.69 Å². The third kappa shape index (κ3) is 5.10. The number of benzene rings is 2. The molecule has 2 aromatic carbocycles. The third-order valence-corrected chi connectivity index (χ3v) is 5.71. The molecule has 0 amide bonds. The zero-order valence-corrected chi connectivity index (χ0v) is 17.4. The van der Waals surface area contributed by atoms with Gasteiger partial charge in [-0.1, -0.05) is 67.2 Å². The zero-order valence-electron chi connectivity index (χ0n) is 17.4. The molecule has 1 fully saturated rings. The molecule has 6 heteroatoms. The molecule has 0 saturated heterocycles. The molecule has 31 heavy (non-hydrogen) atoms. The van der Waals surface area contributed by atoms with Gasteiger partial charge in [0.1, 0.15) is 5.82 Å². The van der Waals surface area contributed by atoms with Crippen molar-refractivity contribution >= 4 is 5.82 Å². The summed E-state index contributed by atoms with van der Waals surface area (Å²) in [5.41, 5.74) is 8.42. The maximum absolute atomic E-state index is 12.4. The SMILES string of the molecule is C=C1C(COCc2ccccc2)C(OCc2ccccc2)CC1n1ccc(N)nc1=O. The summed E-state index contributed by atoms with van der Waals surface area (Å²) in [7, 11) is 0. The molecule has 0 aliphatic heterocycles. The van der Waals surface area contributed by atoms with Gasteiger partial charge in [0.05, 0.1) is 32.0 Å². The molecule has 3 atom stereocenters. The first-order valence-corrected chi connectivity index (χ1v) is 10.4. The second kappa shape index (κ2) is 9.73. The zero-order chi connectivity index (χ0) is 21.6. The molecule has 2 N–H and O–H groups in total. The second-order valence-electron chi connectivity index (χ2n) is 7.81. The monoisotopic (exact) mass is 417 g/mol. The van der Waals surface area contributed by atoms with E-state index in [1.807, 2.05) is 60.7 Å². The second-order valence-corrected chi connectivity index (χ2v) is 7.81. The Hall–Kier alpha value is -3.22. The largest absolute Gasteiger partial charge is 0.383 e. The Labute approximate surface area is 182 Å². The fraction of sp³-hybridized carbons (Fsp3) is 0.280. The van der Waals surface area contributed by atoms with Gasteiger partial charge in [-0.2, -0.15) is 4.98 Å². The molecule has 0 bridgehead atoms. The molecular weight excluding hydrogens is 390 g/mol. The first-order valence-electron chi connectivity index (χ1n) is 10.4. The van der Waals surface area contributed by atoms with E-state index in [0.29, 0.717) is 26.2 Å². The van der Waals surface area contributed by atoms with Crippen molar-refractivity contribution in [2.75, 3.05) is 12.3 Å². The van der Waals surface area contributed by atoms with Crippen molar-refractivity contribution in [3.05, 3.63) is 107 Å². The van der Waals surface area contributed by atoms with Gasteiger partial charge in [-0.15, -0.1) is 0 Å². The van der Waals surface area contributed by atoms with Crippen molar-refractivity contribution in [3.8, 4) is 0 Å². The number of nitrogen functional groups attached to an aromatic ring is 1. The van der Waals surface area contributed by atoms with Crippen LogP contribution in [0.1, 0.15) is 23.6 Å². The Bertz CT molecular complexity index is 1070. The highest BCUT2D eigenvalue weighted by molar-refractivity contribution is 5.26. The molecule has 1 aliphatic rings. The van der Waals surface area contributed by atoms with E-state index in [1.54, 1.807) is 16.8 Å². The van der Waals surface area contributed by atoms with E-state index < -0.39 is 0 Å². The van der Waals surface area contributed by atoms with Gasteiger partial charge in [-0.25, -0.2) is 4.79 Å². The summed E-state index contributed by atoms with van der Waals surface area (Å²) in [6.07, 6.45) is 2.20. The van der Waals surface area contributed by atoms with Gasteiger partial charge in [0.25, 0.3) is 0 Å². The topological polar surface area (TPSA) is 79.4 Å². The minimum Gasteiger partial charge on any atom is -0.383 e. The molecule has 0 spiro atoms. The number of hydrogen-bond donors (Lipinski definition) is 1. The number of ether oxygens (including phenoxy) is 2. The summed E-state index contributed by atoms with van der Waals surface area (Å²) in [6, 6.07) is 21.5. The first kappa shape index (κ1) is 21.0. The van der Waals surface area contributed by atoms with E-state index in [9.17, 15) is 4.79 Å². The Morgan fingerprint density at radius 3 is 2.29 bits per heavy atom. The van der Waals surface area contributed by atoms with Gasteiger partial charge in [0.15, 0.2) is 0 Å². The van der Waals surface area contributed by atoms with Crippen LogP contribution >= 0.6 is 0 Å². The molecule has 1 aliphatic carbocycles. The number of nitrogens with zero attached hydrogens (tertiary/aromatic N) is 2. The maximum atomic E-state index is 12.4. The summed E-state index contributed by atoms with van der Waals surface area (Å²) in [4.78, 5) is 16.3. The normalized spacial score (nSPS) is 20.8. The summed E-state index contributed by atoms with van der Waals surface area (Å²) in [5.74, 6) is 0.186. The van der Waals surface area contributed by atoms with Crippen molar-refractivity contribution < 1.29 is 9.47 Å². The standard InChI is InChI=1S/C25H27N3O3/c1-18-21(17-30-15-19-8-4-2-5-9-19)23(31-16-20-10-6-3-7-11-20)14-22(18)28-13-12-24(26)27-25(28)29/h2-13,21-23H,1,14-17H2,(H2,26,27,29). The molecule has 160 valence electrons. The molecule has 4 rings (SSSR count). The van der Waals surface area contributed by atoms with Crippen molar-refractivity contribution in [3.63, 3.8) is 0 Å². The van der Waals surface area contributed by atoms with Gasteiger partial charge in [0, 0.05) is 12.1 Å². The van der Waals surface area contributed by atoms with E-state index in [0.717, 1.165) is 16.7 Å². The van der Waals surface area contributed by atoms with Gasteiger partial charge < -0.3 is 15.2 Å². The highest BCUT2D eigenvalue weighted by Crippen LogP contribution is 2.40. The van der Waals surface area contributed by atoms with Crippen LogP contribution in [0.25, 0.3) is 0 Å². The molecule has 1 heterocycles. The van der Waals surface area contributed by atoms with Crippen LogP contribution in [0.5, 0.6) is 0 Å². The Balaban J connectivity index is 1.49. The average molecular weight is 418 g/mol. The van der Waals surface area contributed by atoms with Crippen LogP contribution in [0.15, 0.2) is 89.9 Å². The third-order valence-electron chi connectivity index (χ3n) is 5.71. The lowest BCUT2D eigenvalue weighted by Crippen LogP contribution is -2.27. The fourth-order valence-electron chi connectivity index (χ4n) is 4.03. The molecule has 1 saturated carbocycles. The molecule has 3 unspecified atom stereocenters. The average Bonchev–Trinajstić information content (AvgIpc) is 3.09. The smallest absolute Gasteiger partial charge is 0.350 e. The highest BCUT2D eigenvalue weighted by atomic mass is 16.5. The number of aromatic nitrogens is 2. The van der Waals surface area contributed by atoms with Crippen LogP contribution in [0.3, 0.4) is 0 Å². The van der Waals surface area contributed by atoms with E-state index in [1.165, 1.54) is 0 Å². The Morgan fingerprint density at radius 2 is 1.65 bits per heavy atom. The van der Waals surface area contributed by atoms with E-state index >= 15 is 0 Å². The lowest BCUT2D eigenvalue weighted by molar-refractivity contribution is -0.0122. The van der Waals surface area contributed by atoms with E-state index in [-0.39, 0.29) is 29.6 Å². The first-order chi connectivity index (χ1) is 15.1. The van der Waals surface area contributed by atoms with Crippen molar-refractivity contribution in [2.45, 2.75) is 31.8 Å². The summed E-state index contributed by atoms with van der Waals surface area (Å²) in [5, 5.41) is 0. The minimum atomic E-state index is -0.376. The van der Waals surface area contributed by atoms with E-state index in [4.69, 9.17) is 15.2 Å². The van der Waals surface area contributed by atoms with Crippen LogP contribution in [-0.4, -0.2) is 22.3 Å². The minimum absolute atomic E-state index is 0.0260. The van der Waals surface area contributed by atoms with Crippen LogP contribution in [0.4, 0.5) is 5.82 Å². The van der Waals surface area contributed by atoms with Crippen molar-refractivity contribution in [1.29, 1.82) is 0 Å². The Kier molecular flexibility index (Phi) is 6.60. The Morgan fingerprint density at radius 1 is 1.00 bits per heavy atom. The summed E-state index contributed by atoms with van der Waals surface area (Å²) in [6.45, 7) is 5.80. The number of nitrogens with two attached hydrogens (primary N) is 1. The number of rotatable bonds is 8. The van der Waals surface area contributed by atoms with Crippen molar-refractivity contribution in [1.82, 2.24) is 9.55 Å². The molecule has 1 aromatic heterocycles. The van der Waals surface area contributed by atoms with Gasteiger partial charge in [-0.3, -0.25) is 4.57 Å². The molecular formula is C25H27N3O3. The highest BCUT2D eigenvalue weighted by Gasteiger charge is 2.40. The fourth-order valence-corrected chi connectivity index (χ4v) is 4.03. The predicted octanol–water partition coefficient (Wildman–Crippen LogP) is 3.74. The van der Waals surface area contributed by atoms with Crippen LogP contribution in [0, 0.1) is 5.92 Å². The predicted molar refractivity (Wildman–Crippen MR) is 120 cm³/mol. The van der Waals surface area contributed by atoms with Crippen LogP contribution in [0.2, 0.25) is 0 Å². The number of hydrogen-bond acceptors (Lipinski definition) is 5. The summed E-state index contributed by atoms with van der Waals surface area (Å²) >= 11 is 0. The maximum Gasteiger partial charge on any atom is 0.350 e. The lowest BCUT2D eigenvalue weighted by atomic mass is 10.0. The quantitative estimate of drug-likeness (QED) is 0.565. The van der Waals surface area contributed by atoms with Crippen LogP contribution in [-0.2, 0) is 22.7 Å².